The summed E-state index contributed by atoms with van der Waals surface area (Å²) in [6, 6.07) is 8.33. The summed E-state index contributed by atoms with van der Waals surface area (Å²) in [5.74, 6) is 0. The van der Waals surface area contributed by atoms with Gasteiger partial charge in [0, 0.05) is 5.30 Å². The van der Waals surface area contributed by atoms with Gasteiger partial charge >= 0.3 is 0 Å². The van der Waals surface area contributed by atoms with Gasteiger partial charge in [0.25, 0.3) is 0 Å². The van der Waals surface area contributed by atoms with E-state index in [0.29, 0.717) is 0 Å². The lowest BCUT2D eigenvalue weighted by molar-refractivity contribution is 0.717. The van der Waals surface area contributed by atoms with Crippen LogP contribution in [0, 0.1) is 0 Å². The van der Waals surface area contributed by atoms with Crippen molar-refractivity contribution in [1.82, 2.24) is 0 Å². The zero-order valence-corrected chi connectivity index (χ0v) is 10.7. The number of hydrogen-bond acceptors (Lipinski definition) is 0. The van der Waals surface area contributed by atoms with Crippen LogP contribution < -0.4 is 5.30 Å². The van der Waals surface area contributed by atoms with E-state index in [0.717, 1.165) is 11.7 Å². The summed E-state index contributed by atoms with van der Waals surface area (Å²) in [7, 11) is 0. The van der Waals surface area contributed by atoms with Gasteiger partial charge in [-0.15, -0.1) is 0 Å². The highest BCUT2D eigenvalue weighted by atomic mass is 35.9. The van der Waals surface area contributed by atoms with Gasteiger partial charge in [-0.25, -0.2) is 0 Å². The summed E-state index contributed by atoms with van der Waals surface area (Å²) >= 11 is 11.6. The first-order valence-corrected chi connectivity index (χ1v) is 8.10. The van der Waals surface area contributed by atoms with E-state index in [-0.39, 0.29) is 0 Å². The number of unbranched alkanes of at least 4 members (excludes halogenated alkanes) is 2. The second kappa shape index (κ2) is 6.67. The smallest absolute Gasteiger partial charge is 0.0727 e. The van der Waals surface area contributed by atoms with Gasteiger partial charge in [-0.1, -0.05) is 66.5 Å². The van der Waals surface area contributed by atoms with Gasteiger partial charge in [-0.2, -0.15) is 0 Å². The van der Waals surface area contributed by atoms with E-state index in [2.05, 4.69) is 19.1 Å². The number of hydrogen-bond donors (Lipinski definition) is 0. The van der Waals surface area contributed by atoms with E-state index < -0.39 is 6.63 Å². The maximum Gasteiger partial charge on any atom is 0.116 e. The largest absolute Gasteiger partial charge is 0.116 e. The van der Waals surface area contributed by atoms with E-state index in [1.165, 1.54) is 24.8 Å². The number of rotatable bonds is 5. The average molecular weight is 249 g/mol. The fraction of sp³-hybridized carbons (Fsp3) is 0.455. The normalized spacial score (nSPS) is 10.9. The molecule has 1 rings (SSSR count). The molecule has 0 N–H and O–H groups in total. The summed E-state index contributed by atoms with van der Waals surface area (Å²) in [6.07, 6.45) is 5.01. The van der Waals surface area contributed by atoms with Gasteiger partial charge in [0.15, 0.2) is 0 Å². The van der Waals surface area contributed by atoms with Crippen LogP contribution in [0.3, 0.4) is 0 Å². The topological polar surface area (TPSA) is 0 Å². The second-order valence-corrected chi connectivity index (χ2v) is 6.89. The molecule has 0 aliphatic rings. The van der Waals surface area contributed by atoms with Gasteiger partial charge in [-0.05, 0) is 18.4 Å². The molecular weight excluding hydrogens is 234 g/mol. The van der Waals surface area contributed by atoms with Gasteiger partial charge in [0.2, 0.25) is 0 Å². The Hall–Kier alpha value is 0.230. The molecule has 3 heteroatoms. The van der Waals surface area contributed by atoms with Crippen LogP contribution in [0.4, 0.5) is 0 Å². The Labute approximate surface area is 96.9 Å². The van der Waals surface area contributed by atoms with Gasteiger partial charge in [0.1, 0.15) is 6.63 Å². The summed E-state index contributed by atoms with van der Waals surface area (Å²) in [5.41, 5.74) is 1.38. The van der Waals surface area contributed by atoms with Crippen molar-refractivity contribution in [3.8, 4) is 0 Å². The minimum absolute atomic E-state index is 0.979. The van der Waals surface area contributed by atoms with Crippen molar-refractivity contribution in [1.29, 1.82) is 0 Å². The molecule has 0 radical (unpaired) electrons. The Balaban J connectivity index is 2.47. The predicted molar refractivity (Wildman–Crippen MR) is 67.9 cm³/mol. The zero-order chi connectivity index (χ0) is 10.4. The molecular formula is C11H15Cl2P. The quantitative estimate of drug-likeness (QED) is 0.517. The third kappa shape index (κ3) is 4.17. The highest BCUT2D eigenvalue weighted by Crippen LogP contribution is 2.45. The molecule has 0 amide bonds. The monoisotopic (exact) mass is 248 g/mol. The van der Waals surface area contributed by atoms with Crippen LogP contribution in [-0.2, 0) is 6.42 Å². The molecule has 0 aromatic heterocycles. The molecule has 0 atom stereocenters. The lowest BCUT2D eigenvalue weighted by Crippen LogP contribution is -1.95. The molecule has 0 bridgehead atoms. The van der Waals surface area contributed by atoms with E-state index in [4.69, 9.17) is 22.5 Å². The van der Waals surface area contributed by atoms with Crippen LogP contribution in [0.2, 0.25) is 0 Å². The van der Waals surface area contributed by atoms with Gasteiger partial charge in [-0.3, -0.25) is 0 Å². The van der Waals surface area contributed by atoms with E-state index in [1.807, 2.05) is 12.1 Å². The molecule has 1 aromatic rings. The molecule has 0 fully saturated rings. The van der Waals surface area contributed by atoms with Crippen LogP contribution in [0.1, 0.15) is 31.7 Å². The second-order valence-electron chi connectivity index (χ2n) is 3.36. The van der Waals surface area contributed by atoms with Gasteiger partial charge < -0.3 is 0 Å². The van der Waals surface area contributed by atoms with Crippen molar-refractivity contribution in [2.75, 3.05) is 0 Å². The highest BCUT2D eigenvalue weighted by molar-refractivity contribution is 8.08. The molecule has 14 heavy (non-hydrogen) atoms. The van der Waals surface area contributed by atoms with E-state index in [1.54, 1.807) is 0 Å². The van der Waals surface area contributed by atoms with Crippen molar-refractivity contribution in [2.24, 2.45) is 0 Å². The Morgan fingerprint density at radius 1 is 1.07 bits per heavy atom. The third-order valence-corrected chi connectivity index (χ3v) is 4.06. The predicted octanol–water partition coefficient (Wildman–Crippen LogP) is 4.83. The maximum absolute atomic E-state index is 5.81. The Morgan fingerprint density at radius 2 is 1.71 bits per heavy atom. The van der Waals surface area contributed by atoms with Crippen LogP contribution >= 0.6 is 29.1 Å². The minimum Gasteiger partial charge on any atom is -0.0727 e. The first kappa shape index (κ1) is 12.3. The number of benzene rings is 1. The van der Waals surface area contributed by atoms with E-state index in [9.17, 15) is 0 Å². The van der Waals surface area contributed by atoms with Crippen molar-refractivity contribution in [3.05, 3.63) is 29.8 Å². The van der Waals surface area contributed by atoms with Crippen molar-refractivity contribution < 1.29 is 0 Å². The highest BCUT2D eigenvalue weighted by Gasteiger charge is 2.02. The summed E-state index contributed by atoms with van der Waals surface area (Å²) in [5, 5.41) is 1.04. The molecule has 78 valence electrons. The Morgan fingerprint density at radius 3 is 2.21 bits per heavy atom. The number of halogens is 2. The molecule has 0 saturated carbocycles. The Kier molecular flexibility index (Phi) is 5.86. The van der Waals surface area contributed by atoms with Crippen LogP contribution in [0.25, 0.3) is 0 Å². The standard InChI is InChI=1S/C11H15Cl2P/c1-2-3-4-5-10-6-8-11(9-7-10)14(12)13/h6-9H,2-5H2,1H3. The SMILES string of the molecule is CCCCCc1ccc(P(Cl)Cl)cc1. The Bertz CT molecular complexity index is 256. The molecule has 0 unspecified atom stereocenters. The van der Waals surface area contributed by atoms with Crippen molar-refractivity contribution in [2.45, 2.75) is 32.6 Å². The molecule has 0 spiro atoms. The molecule has 0 nitrogen and oxygen atoms in total. The molecule has 0 aliphatic heterocycles. The van der Waals surface area contributed by atoms with Crippen LogP contribution in [0.5, 0.6) is 0 Å². The summed E-state index contributed by atoms with van der Waals surface area (Å²) in [4.78, 5) is 0. The van der Waals surface area contributed by atoms with Crippen molar-refractivity contribution in [3.63, 3.8) is 0 Å². The first-order chi connectivity index (χ1) is 6.74. The van der Waals surface area contributed by atoms with Crippen LogP contribution in [0.15, 0.2) is 24.3 Å². The molecule has 0 aliphatic carbocycles. The first-order valence-electron chi connectivity index (χ1n) is 4.94. The fourth-order valence-corrected chi connectivity index (χ4v) is 2.40. The summed E-state index contributed by atoms with van der Waals surface area (Å²) < 4.78 is 0. The molecule has 1 aromatic carbocycles. The maximum atomic E-state index is 5.81. The van der Waals surface area contributed by atoms with E-state index >= 15 is 0 Å². The molecule has 0 heterocycles. The fourth-order valence-electron chi connectivity index (χ4n) is 1.35. The lowest BCUT2D eigenvalue weighted by Gasteiger charge is -2.03. The summed E-state index contributed by atoms with van der Waals surface area (Å²) in [6.45, 7) is 1.24. The zero-order valence-electron chi connectivity index (χ0n) is 8.34. The van der Waals surface area contributed by atoms with Crippen molar-refractivity contribution >= 4 is 34.4 Å². The lowest BCUT2D eigenvalue weighted by atomic mass is 10.1. The average Bonchev–Trinajstić information content (AvgIpc) is 2.19. The number of aryl methyl sites for hydroxylation is 1. The minimum atomic E-state index is -0.979. The molecule has 0 saturated heterocycles. The van der Waals surface area contributed by atoms with Gasteiger partial charge in [0.05, 0.1) is 0 Å². The third-order valence-electron chi connectivity index (χ3n) is 2.20. The van der Waals surface area contributed by atoms with Crippen LogP contribution in [-0.4, -0.2) is 0 Å².